The third-order valence-corrected chi connectivity index (χ3v) is 3.96. The van der Waals surface area contributed by atoms with E-state index in [4.69, 9.17) is 0 Å². The van der Waals surface area contributed by atoms with Crippen LogP contribution in [-0.4, -0.2) is 15.7 Å². The summed E-state index contributed by atoms with van der Waals surface area (Å²) >= 11 is 0. The Morgan fingerprint density at radius 2 is 1.74 bits per heavy atom. The minimum Gasteiger partial charge on any atom is -0.311 e. The maximum atomic E-state index is 12.8. The standard InChI is InChI=1S/C20H18F3N3O/c1-14-10-18(26(25-14)13-15-6-3-2-4-7-15)24-19(27)12-16-8-5-9-17(11-16)20(21,22)23/h2-11H,12-13H2,1H3,(H,24,27). The van der Waals surface area contributed by atoms with E-state index in [1.807, 2.05) is 37.3 Å². The van der Waals surface area contributed by atoms with Gasteiger partial charge < -0.3 is 5.32 Å². The van der Waals surface area contributed by atoms with E-state index in [0.29, 0.717) is 17.9 Å². The van der Waals surface area contributed by atoms with Crippen LogP contribution in [-0.2, 0) is 23.9 Å². The second kappa shape index (κ2) is 7.65. The molecule has 1 amide bonds. The number of hydrogen-bond acceptors (Lipinski definition) is 2. The number of amides is 1. The second-order valence-electron chi connectivity index (χ2n) is 6.24. The van der Waals surface area contributed by atoms with Crippen LogP contribution < -0.4 is 5.32 Å². The number of halogens is 3. The summed E-state index contributed by atoms with van der Waals surface area (Å²) in [4.78, 5) is 12.3. The van der Waals surface area contributed by atoms with Crippen LogP contribution in [0.3, 0.4) is 0 Å². The van der Waals surface area contributed by atoms with Gasteiger partial charge in [0.15, 0.2) is 0 Å². The van der Waals surface area contributed by atoms with Gasteiger partial charge in [-0.2, -0.15) is 18.3 Å². The predicted molar refractivity (Wildman–Crippen MR) is 96.3 cm³/mol. The van der Waals surface area contributed by atoms with Crippen LogP contribution in [0.4, 0.5) is 19.0 Å². The smallest absolute Gasteiger partial charge is 0.311 e. The van der Waals surface area contributed by atoms with Crippen molar-refractivity contribution in [3.05, 3.63) is 83.0 Å². The number of anilines is 1. The topological polar surface area (TPSA) is 46.9 Å². The molecule has 0 aliphatic heterocycles. The fourth-order valence-electron chi connectivity index (χ4n) is 2.75. The molecule has 27 heavy (non-hydrogen) atoms. The highest BCUT2D eigenvalue weighted by atomic mass is 19.4. The quantitative estimate of drug-likeness (QED) is 0.719. The Hall–Kier alpha value is -3.09. The fourth-order valence-corrected chi connectivity index (χ4v) is 2.75. The minimum atomic E-state index is -4.43. The number of aryl methyl sites for hydroxylation is 1. The average Bonchev–Trinajstić information content (AvgIpc) is 2.94. The minimum absolute atomic E-state index is 0.153. The molecule has 0 aliphatic carbocycles. The third-order valence-electron chi connectivity index (χ3n) is 3.96. The highest BCUT2D eigenvalue weighted by Crippen LogP contribution is 2.29. The van der Waals surface area contributed by atoms with E-state index in [0.717, 1.165) is 23.4 Å². The number of nitrogens with zero attached hydrogens (tertiary/aromatic N) is 2. The molecule has 0 saturated heterocycles. The highest BCUT2D eigenvalue weighted by molar-refractivity contribution is 5.91. The van der Waals surface area contributed by atoms with Crippen molar-refractivity contribution >= 4 is 11.7 Å². The molecule has 1 heterocycles. The summed E-state index contributed by atoms with van der Waals surface area (Å²) in [6.45, 7) is 2.29. The van der Waals surface area contributed by atoms with E-state index in [9.17, 15) is 18.0 Å². The largest absolute Gasteiger partial charge is 0.416 e. The van der Waals surface area contributed by atoms with Crippen LogP contribution in [0.5, 0.6) is 0 Å². The van der Waals surface area contributed by atoms with Gasteiger partial charge in [0, 0.05) is 6.07 Å². The number of aromatic nitrogens is 2. The molecule has 0 spiro atoms. The average molecular weight is 373 g/mol. The molecule has 1 aromatic heterocycles. The summed E-state index contributed by atoms with van der Waals surface area (Å²) in [5.41, 5.74) is 1.29. The number of carbonyl (C=O) groups excluding carboxylic acids is 1. The van der Waals surface area contributed by atoms with Gasteiger partial charge in [0.25, 0.3) is 0 Å². The summed E-state index contributed by atoms with van der Waals surface area (Å²) in [7, 11) is 0. The van der Waals surface area contributed by atoms with Crippen LogP contribution >= 0.6 is 0 Å². The van der Waals surface area contributed by atoms with Crippen LogP contribution in [0.15, 0.2) is 60.7 Å². The number of carbonyl (C=O) groups is 1. The van der Waals surface area contributed by atoms with E-state index >= 15 is 0 Å². The molecule has 0 fully saturated rings. The lowest BCUT2D eigenvalue weighted by molar-refractivity contribution is -0.137. The maximum absolute atomic E-state index is 12.8. The zero-order valence-electron chi connectivity index (χ0n) is 14.6. The number of nitrogens with one attached hydrogen (secondary N) is 1. The summed E-state index contributed by atoms with van der Waals surface area (Å²) < 4.78 is 40.1. The molecule has 0 saturated carbocycles. The zero-order chi connectivity index (χ0) is 19.4. The number of rotatable bonds is 5. The van der Waals surface area contributed by atoms with Gasteiger partial charge >= 0.3 is 6.18 Å². The Morgan fingerprint density at radius 3 is 2.44 bits per heavy atom. The van der Waals surface area contributed by atoms with Crippen molar-refractivity contribution in [2.75, 3.05) is 5.32 Å². The molecule has 0 bridgehead atoms. The first-order valence-corrected chi connectivity index (χ1v) is 8.35. The van der Waals surface area contributed by atoms with Gasteiger partial charge in [-0.15, -0.1) is 0 Å². The van der Waals surface area contributed by atoms with Crippen molar-refractivity contribution in [1.29, 1.82) is 0 Å². The summed E-state index contributed by atoms with van der Waals surface area (Å²) in [5, 5.41) is 7.10. The van der Waals surface area contributed by atoms with Gasteiger partial charge in [-0.05, 0) is 24.1 Å². The molecule has 0 atom stereocenters. The molecule has 7 heteroatoms. The van der Waals surface area contributed by atoms with Crippen molar-refractivity contribution < 1.29 is 18.0 Å². The Morgan fingerprint density at radius 1 is 1.04 bits per heavy atom. The number of hydrogen-bond donors (Lipinski definition) is 1. The van der Waals surface area contributed by atoms with Crippen molar-refractivity contribution in [2.24, 2.45) is 0 Å². The van der Waals surface area contributed by atoms with Crippen LogP contribution in [0, 0.1) is 6.92 Å². The number of alkyl halides is 3. The second-order valence-corrected chi connectivity index (χ2v) is 6.24. The van der Waals surface area contributed by atoms with Gasteiger partial charge in [0.1, 0.15) is 5.82 Å². The molecule has 0 radical (unpaired) electrons. The Kier molecular flexibility index (Phi) is 5.30. The zero-order valence-corrected chi connectivity index (χ0v) is 14.6. The Bertz CT molecular complexity index is 933. The monoisotopic (exact) mass is 373 g/mol. The van der Waals surface area contributed by atoms with E-state index < -0.39 is 17.6 Å². The van der Waals surface area contributed by atoms with Gasteiger partial charge in [-0.25, -0.2) is 4.68 Å². The van der Waals surface area contributed by atoms with Gasteiger partial charge in [-0.3, -0.25) is 4.79 Å². The summed E-state index contributed by atoms with van der Waals surface area (Å²) in [5.74, 6) is 0.108. The molecule has 3 aromatic rings. The highest BCUT2D eigenvalue weighted by Gasteiger charge is 2.30. The molecule has 1 N–H and O–H groups in total. The SMILES string of the molecule is Cc1cc(NC(=O)Cc2cccc(C(F)(F)F)c2)n(Cc2ccccc2)n1. The van der Waals surface area contributed by atoms with E-state index in [1.165, 1.54) is 12.1 Å². The molecule has 0 aliphatic rings. The Labute approximate surface area is 154 Å². The normalized spacial score (nSPS) is 11.4. The van der Waals surface area contributed by atoms with Gasteiger partial charge in [0.2, 0.25) is 5.91 Å². The first-order valence-electron chi connectivity index (χ1n) is 8.35. The van der Waals surface area contributed by atoms with Crippen LogP contribution in [0.1, 0.15) is 22.4 Å². The predicted octanol–water partition coefficient (Wildman–Crippen LogP) is 4.44. The molecule has 2 aromatic carbocycles. The van der Waals surface area contributed by atoms with Crippen molar-refractivity contribution in [3.63, 3.8) is 0 Å². The third kappa shape index (κ3) is 4.97. The number of benzene rings is 2. The molecule has 3 rings (SSSR count). The molecule has 140 valence electrons. The molecule has 0 unspecified atom stereocenters. The van der Waals surface area contributed by atoms with Crippen LogP contribution in [0.2, 0.25) is 0 Å². The van der Waals surface area contributed by atoms with Crippen LogP contribution in [0.25, 0.3) is 0 Å². The van der Waals surface area contributed by atoms with E-state index in [1.54, 1.807) is 10.7 Å². The fraction of sp³-hybridized carbons (Fsp3) is 0.200. The summed E-state index contributed by atoms with van der Waals surface area (Å²) in [6.07, 6.45) is -4.59. The van der Waals surface area contributed by atoms with Crippen molar-refractivity contribution in [3.8, 4) is 0 Å². The molecule has 4 nitrogen and oxygen atoms in total. The van der Waals surface area contributed by atoms with Gasteiger partial charge in [-0.1, -0.05) is 48.5 Å². The first kappa shape index (κ1) is 18.7. The Balaban J connectivity index is 1.72. The lowest BCUT2D eigenvalue weighted by atomic mass is 10.1. The summed E-state index contributed by atoms with van der Waals surface area (Å²) in [6, 6.07) is 16.1. The van der Waals surface area contributed by atoms with Gasteiger partial charge in [0.05, 0.1) is 24.2 Å². The van der Waals surface area contributed by atoms with E-state index in [-0.39, 0.29) is 6.42 Å². The van der Waals surface area contributed by atoms with Crippen molar-refractivity contribution in [1.82, 2.24) is 9.78 Å². The van der Waals surface area contributed by atoms with E-state index in [2.05, 4.69) is 10.4 Å². The maximum Gasteiger partial charge on any atom is 0.416 e. The van der Waals surface area contributed by atoms with Crippen molar-refractivity contribution in [2.45, 2.75) is 26.1 Å². The molecular formula is C20H18F3N3O. The first-order chi connectivity index (χ1) is 12.8. The molecular weight excluding hydrogens is 355 g/mol. The lowest BCUT2D eigenvalue weighted by Gasteiger charge is -2.10. The lowest BCUT2D eigenvalue weighted by Crippen LogP contribution is -2.18.